The third-order valence-corrected chi connectivity index (χ3v) is 3.35. The summed E-state index contributed by atoms with van der Waals surface area (Å²) in [6.45, 7) is 2.06. The first kappa shape index (κ1) is 16.8. The summed E-state index contributed by atoms with van der Waals surface area (Å²) >= 11 is 0. The smallest absolute Gasteiger partial charge is 0.186 e. The highest BCUT2D eigenvalue weighted by molar-refractivity contribution is 4.90. The molecule has 6 nitrogen and oxygen atoms in total. The van der Waals surface area contributed by atoms with Crippen LogP contribution in [0.5, 0.6) is 0 Å². The van der Waals surface area contributed by atoms with Gasteiger partial charge in [0.15, 0.2) is 6.29 Å². The Kier molecular flexibility index (Phi) is 7.82. The molecule has 0 aromatic heterocycles. The summed E-state index contributed by atoms with van der Waals surface area (Å²) in [5.41, 5.74) is 0. The maximum atomic E-state index is 9.72. The van der Waals surface area contributed by atoms with Crippen molar-refractivity contribution in [3.05, 3.63) is 0 Å². The number of ether oxygens (including phenoxy) is 2. The number of unbranched alkanes of at least 4 members (excludes halogenated alkanes) is 4. The summed E-state index contributed by atoms with van der Waals surface area (Å²) in [6.07, 6.45) is -0.140. The van der Waals surface area contributed by atoms with Gasteiger partial charge >= 0.3 is 0 Å². The summed E-state index contributed by atoms with van der Waals surface area (Å²) in [4.78, 5) is 0. The number of hydrogen-bond donors (Lipinski definition) is 4. The Bertz CT molecular complexity index is 237. The molecule has 0 unspecified atom stereocenters. The Morgan fingerprint density at radius 2 is 1.79 bits per heavy atom. The molecule has 19 heavy (non-hydrogen) atoms. The second kappa shape index (κ2) is 8.84. The van der Waals surface area contributed by atoms with Crippen LogP contribution in [-0.2, 0) is 9.47 Å². The maximum absolute atomic E-state index is 9.72. The molecule has 0 aromatic rings. The first-order valence-corrected chi connectivity index (χ1v) is 7.04. The van der Waals surface area contributed by atoms with Crippen LogP contribution in [0.15, 0.2) is 0 Å². The molecule has 5 atom stereocenters. The van der Waals surface area contributed by atoms with Gasteiger partial charge in [0.05, 0.1) is 6.61 Å². The third kappa shape index (κ3) is 4.98. The summed E-state index contributed by atoms with van der Waals surface area (Å²) in [5, 5.41) is 37.6. The largest absolute Gasteiger partial charge is 0.394 e. The van der Waals surface area contributed by atoms with Gasteiger partial charge in [-0.2, -0.15) is 0 Å². The molecule has 1 rings (SSSR count). The van der Waals surface area contributed by atoms with Gasteiger partial charge in [-0.15, -0.1) is 0 Å². The molecule has 0 amide bonds. The topological polar surface area (TPSA) is 99.4 Å². The minimum absolute atomic E-state index is 0.445. The zero-order valence-corrected chi connectivity index (χ0v) is 11.4. The molecule has 6 heteroatoms. The van der Waals surface area contributed by atoms with Crippen molar-refractivity contribution >= 4 is 0 Å². The third-order valence-electron chi connectivity index (χ3n) is 3.35. The van der Waals surface area contributed by atoms with Crippen LogP contribution in [0.1, 0.15) is 39.0 Å². The SMILES string of the molecule is CCCCCCCO[C@H]1O[C@H]([C@H](O)CO)[C@H](O)[C@H]1O. The molecule has 0 spiro atoms. The summed E-state index contributed by atoms with van der Waals surface area (Å²) in [6, 6.07) is 0. The zero-order chi connectivity index (χ0) is 14.3. The highest BCUT2D eigenvalue weighted by atomic mass is 16.7. The summed E-state index contributed by atoms with van der Waals surface area (Å²) < 4.78 is 10.6. The maximum Gasteiger partial charge on any atom is 0.186 e. The average Bonchev–Trinajstić information content (AvgIpc) is 2.70. The second-order valence-electron chi connectivity index (χ2n) is 4.99. The van der Waals surface area contributed by atoms with Gasteiger partial charge in [0.25, 0.3) is 0 Å². The van der Waals surface area contributed by atoms with Crippen LogP contribution < -0.4 is 0 Å². The lowest BCUT2D eigenvalue weighted by molar-refractivity contribution is -0.181. The fraction of sp³-hybridized carbons (Fsp3) is 1.00. The molecule has 114 valence electrons. The zero-order valence-electron chi connectivity index (χ0n) is 11.4. The predicted molar refractivity (Wildman–Crippen MR) is 68.5 cm³/mol. The molecule has 0 aromatic carbocycles. The standard InChI is InChI=1S/C13H26O6/c1-2-3-4-5-6-7-18-13-11(17)10(16)12(19-13)9(15)8-14/h9-17H,2-8H2,1H3/t9-,10-,11-,12-,13+/m1/s1. The van der Waals surface area contributed by atoms with Crippen molar-refractivity contribution in [3.8, 4) is 0 Å². The van der Waals surface area contributed by atoms with Crippen molar-refractivity contribution in [2.24, 2.45) is 0 Å². The average molecular weight is 278 g/mol. The van der Waals surface area contributed by atoms with Gasteiger partial charge in [0.2, 0.25) is 0 Å². The molecule has 4 N–H and O–H groups in total. The summed E-state index contributed by atoms with van der Waals surface area (Å²) in [7, 11) is 0. The van der Waals surface area contributed by atoms with Gasteiger partial charge in [-0.3, -0.25) is 0 Å². The molecule has 0 radical (unpaired) electrons. The van der Waals surface area contributed by atoms with Crippen molar-refractivity contribution in [3.63, 3.8) is 0 Å². The van der Waals surface area contributed by atoms with E-state index < -0.39 is 37.3 Å². The van der Waals surface area contributed by atoms with E-state index in [1.54, 1.807) is 0 Å². The molecule has 1 aliphatic heterocycles. The van der Waals surface area contributed by atoms with Crippen molar-refractivity contribution in [1.29, 1.82) is 0 Å². The fourth-order valence-corrected chi connectivity index (χ4v) is 2.14. The van der Waals surface area contributed by atoms with Gasteiger partial charge in [-0.25, -0.2) is 0 Å². The Morgan fingerprint density at radius 3 is 2.42 bits per heavy atom. The van der Waals surface area contributed by atoms with E-state index in [2.05, 4.69) is 6.92 Å². The monoisotopic (exact) mass is 278 g/mol. The molecule has 0 saturated carbocycles. The molecule has 1 aliphatic rings. The van der Waals surface area contributed by atoms with Crippen LogP contribution >= 0.6 is 0 Å². The van der Waals surface area contributed by atoms with Crippen LogP contribution in [0.3, 0.4) is 0 Å². The first-order chi connectivity index (χ1) is 9.11. The first-order valence-electron chi connectivity index (χ1n) is 7.04. The Morgan fingerprint density at radius 1 is 1.11 bits per heavy atom. The van der Waals surface area contributed by atoms with Gasteiger partial charge in [0, 0.05) is 6.61 Å². The van der Waals surface area contributed by atoms with Crippen molar-refractivity contribution in [2.75, 3.05) is 13.2 Å². The Hall–Kier alpha value is -0.240. The van der Waals surface area contributed by atoms with Crippen LogP contribution in [-0.4, -0.2) is 64.3 Å². The number of aliphatic hydroxyl groups excluding tert-OH is 4. The van der Waals surface area contributed by atoms with Gasteiger partial charge in [-0.1, -0.05) is 32.6 Å². The van der Waals surface area contributed by atoms with Crippen LogP contribution in [0.4, 0.5) is 0 Å². The van der Waals surface area contributed by atoms with Crippen molar-refractivity contribution < 1.29 is 29.9 Å². The van der Waals surface area contributed by atoms with E-state index in [4.69, 9.17) is 14.6 Å². The van der Waals surface area contributed by atoms with Crippen molar-refractivity contribution in [1.82, 2.24) is 0 Å². The molecule has 1 saturated heterocycles. The Labute approximate surface area is 114 Å². The number of hydrogen-bond acceptors (Lipinski definition) is 6. The Balaban J connectivity index is 2.23. The highest BCUT2D eigenvalue weighted by Crippen LogP contribution is 2.24. The lowest BCUT2D eigenvalue weighted by atomic mass is 10.1. The van der Waals surface area contributed by atoms with E-state index in [9.17, 15) is 15.3 Å². The van der Waals surface area contributed by atoms with Gasteiger partial charge < -0.3 is 29.9 Å². The minimum atomic E-state index is -1.24. The molecule has 1 heterocycles. The van der Waals surface area contributed by atoms with Crippen LogP contribution in [0.2, 0.25) is 0 Å². The van der Waals surface area contributed by atoms with E-state index in [0.29, 0.717) is 6.61 Å². The van der Waals surface area contributed by atoms with E-state index in [1.165, 1.54) is 12.8 Å². The molecule has 0 bridgehead atoms. The molecular weight excluding hydrogens is 252 g/mol. The lowest BCUT2D eigenvalue weighted by Crippen LogP contribution is -2.40. The van der Waals surface area contributed by atoms with Crippen LogP contribution in [0.25, 0.3) is 0 Å². The van der Waals surface area contributed by atoms with E-state index in [1.807, 2.05) is 0 Å². The van der Waals surface area contributed by atoms with Crippen LogP contribution in [0, 0.1) is 0 Å². The van der Waals surface area contributed by atoms with E-state index in [0.717, 1.165) is 19.3 Å². The van der Waals surface area contributed by atoms with Gasteiger partial charge in [0.1, 0.15) is 24.4 Å². The van der Waals surface area contributed by atoms with E-state index in [-0.39, 0.29) is 0 Å². The molecule has 1 fully saturated rings. The minimum Gasteiger partial charge on any atom is -0.394 e. The number of aliphatic hydroxyl groups is 4. The van der Waals surface area contributed by atoms with E-state index >= 15 is 0 Å². The predicted octanol–water partition coefficient (Wildman–Crippen LogP) is -0.227. The normalized spacial score (nSPS) is 32.7. The van der Waals surface area contributed by atoms with Crippen molar-refractivity contribution in [2.45, 2.75) is 69.7 Å². The van der Waals surface area contributed by atoms with Gasteiger partial charge in [-0.05, 0) is 6.42 Å². The molecular formula is C13H26O6. The fourth-order valence-electron chi connectivity index (χ4n) is 2.14. The highest BCUT2D eigenvalue weighted by Gasteiger charge is 2.46. The second-order valence-corrected chi connectivity index (χ2v) is 4.99. The summed E-state index contributed by atoms with van der Waals surface area (Å²) in [5.74, 6) is 0. The molecule has 0 aliphatic carbocycles. The number of rotatable bonds is 9. The lowest BCUT2D eigenvalue weighted by Gasteiger charge is -2.18. The quantitative estimate of drug-likeness (QED) is 0.435.